The number of aryl methyl sites for hydroxylation is 6. The predicted molar refractivity (Wildman–Crippen MR) is 161 cm³/mol. The van der Waals surface area contributed by atoms with Crippen molar-refractivity contribution in [1.29, 1.82) is 0 Å². The third-order valence-electron chi connectivity index (χ3n) is 8.86. The molecule has 0 saturated heterocycles. The summed E-state index contributed by atoms with van der Waals surface area (Å²) in [6.45, 7) is 22.8. The van der Waals surface area contributed by atoms with E-state index in [9.17, 15) is 0 Å². The van der Waals surface area contributed by atoms with Crippen LogP contribution in [0.5, 0.6) is 0 Å². The van der Waals surface area contributed by atoms with E-state index in [1.807, 2.05) is 0 Å². The van der Waals surface area contributed by atoms with Crippen molar-refractivity contribution < 1.29 is 9.13 Å². The number of benzene rings is 1. The van der Waals surface area contributed by atoms with Crippen LogP contribution in [0.3, 0.4) is 0 Å². The second kappa shape index (κ2) is 11.8. The SMILES string of the molecule is C=C(C1c2cc(C)ccc2-c2cc(C)c(C)c[n+]2C1CCC(/C=C\C)CC)[n+]1cc(C)c(CC)cc1CC. The average Bonchev–Trinajstić information content (AvgIpc) is 2.91. The zero-order valence-corrected chi connectivity index (χ0v) is 25.1. The van der Waals surface area contributed by atoms with Crippen LogP contribution in [-0.4, -0.2) is 0 Å². The zero-order valence-electron chi connectivity index (χ0n) is 25.1. The Hall–Kier alpha value is -3.00. The lowest BCUT2D eigenvalue weighted by atomic mass is 9.77. The Kier molecular flexibility index (Phi) is 8.71. The van der Waals surface area contributed by atoms with E-state index in [1.54, 1.807) is 0 Å². The first-order valence-corrected chi connectivity index (χ1v) is 14.7. The third kappa shape index (κ3) is 5.28. The minimum absolute atomic E-state index is 0.204. The van der Waals surface area contributed by atoms with Crippen molar-refractivity contribution in [2.75, 3.05) is 0 Å². The highest BCUT2D eigenvalue weighted by molar-refractivity contribution is 5.69. The minimum atomic E-state index is 0.204. The van der Waals surface area contributed by atoms with Crippen molar-refractivity contribution in [3.05, 3.63) is 101 Å². The summed E-state index contributed by atoms with van der Waals surface area (Å²) in [5, 5.41) is 0. The molecule has 2 heteroatoms. The molecule has 3 heterocycles. The lowest BCUT2D eigenvalue weighted by molar-refractivity contribution is -0.721. The van der Waals surface area contributed by atoms with E-state index < -0.39 is 0 Å². The molecular weight excluding hydrogens is 460 g/mol. The van der Waals surface area contributed by atoms with E-state index >= 15 is 0 Å². The molecule has 0 saturated carbocycles. The highest BCUT2D eigenvalue weighted by Gasteiger charge is 2.45. The van der Waals surface area contributed by atoms with Crippen molar-refractivity contribution >= 4 is 5.70 Å². The van der Waals surface area contributed by atoms with Gasteiger partial charge in [0.05, 0.1) is 5.56 Å². The number of nitrogens with zero attached hydrogens (tertiary/aromatic N) is 2. The molecule has 0 N–H and O–H groups in total. The highest BCUT2D eigenvalue weighted by atomic mass is 15.1. The van der Waals surface area contributed by atoms with Crippen LogP contribution in [0.1, 0.15) is 98.0 Å². The zero-order chi connectivity index (χ0) is 27.6. The van der Waals surface area contributed by atoms with Crippen molar-refractivity contribution in [3.63, 3.8) is 0 Å². The molecule has 3 unspecified atom stereocenters. The van der Waals surface area contributed by atoms with Gasteiger partial charge in [-0.1, -0.05) is 50.6 Å². The van der Waals surface area contributed by atoms with Crippen molar-refractivity contribution in [3.8, 4) is 11.3 Å². The molecule has 0 radical (unpaired) electrons. The summed E-state index contributed by atoms with van der Waals surface area (Å²) < 4.78 is 5.02. The van der Waals surface area contributed by atoms with E-state index in [-0.39, 0.29) is 5.92 Å². The summed E-state index contributed by atoms with van der Waals surface area (Å²) in [5.74, 6) is 0.808. The van der Waals surface area contributed by atoms with Crippen molar-refractivity contribution in [1.82, 2.24) is 0 Å². The summed E-state index contributed by atoms with van der Waals surface area (Å²) in [7, 11) is 0. The first-order valence-electron chi connectivity index (χ1n) is 14.7. The molecule has 200 valence electrons. The number of pyridine rings is 2. The summed E-state index contributed by atoms with van der Waals surface area (Å²) in [5.41, 5.74) is 13.5. The largest absolute Gasteiger partial charge is 0.213 e. The van der Waals surface area contributed by atoms with Gasteiger partial charge >= 0.3 is 0 Å². The van der Waals surface area contributed by atoms with E-state index in [0.717, 1.165) is 19.3 Å². The van der Waals surface area contributed by atoms with Crippen LogP contribution in [0, 0.1) is 33.6 Å². The summed E-state index contributed by atoms with van der Waals surface area (Å²) in [6, 6.07) is 12.2. The molecule has 1 aliphatic heterocycles. The van der Waals surface area contributed by atoms with Crippen LogP contribution < -0.4 is 9.13 Å². The van der Waals surface area contributed by atoms with Crippen LogP contribution >= 0.6 is 0 Å². The Morgan fingerprint density at radius 3 is 2.37 bits per heavy atom. The van der Waals surface area contributed by atoms with Gasteiger partial charge in [0, 0.05) is 36.1 Å². The van der Waals surface area contributed by atoms with E-state index in [2.05, 4.69) is 119 Å². The van der Waals surface area contributed by atoms with Crippen molar-refractivity contribution in [2.24, 2.45) is 5.92 Å². The molecule has 0 fully saturated rings. The molecule has 4 rings (SSSR count). The monoisotopic (exact) mass is 508 g/mol. The van der Waals surface area contributed by atoms with E-state index in [1.165, 1.54) is 68.9 Å². The quantitative estimate of drug-likeness (QED) is 0.202. The number of hydrogen-bond acceptors (Lipinski definition) is 0. The lowest BCUT2D eigenvalue weighted by Crippen LogP contribution is -2.51. The van der Waals surface area contributed by atoms with Crippen LogP contribution in [0.25, 0.3) is 17.0 Å². The van der Waals surface area contributed by atoms with Gasteiger partial charge in [-0.15, -0.1) is 0 Å². The molecular formula is C36H48N2+2. The van der Waals surface area contributed by atoms with Gasteiger partial charge in [-0.05, 0) is 89.1 Å². The molecule has 3 aromatic rings. The Morgan fingerprint density at radius 1 is 0.947 bits per heavy atom. The van der Waals surface area contributed by atoms with E-state index in [0.29, 0.717) is 12.0 Å². The second-order valence-electron chi connectivity index (χ2n) is 11.4. The fourth-order valence-electron chi connectivity index (χ4n) is 6.42. The summed E-state index contributed by atoms with van der Waals surface area (Å²) in [6.07, 6.45) is 14.9. The molecule has 2 aromatic heterocycles. The van der Waals surface area contributed by atoms with Gasteiger partial charge in [0.25, 0.3) is 0 Å². The first-order chi connectivity index (χ1) is 18.2. The fraction of sp³-hybridized carbons (Fsp3) is 0.444. The van der Waals surface area contributed by atoms with Gasteiger partial charge in [0.15, 0.2) is 29.8 Å². The molecule has 0 bridgehead atoms. The topological polar surface area (TPSA) is 7.76 Å². The molecule has 38 heavy (non-hydrogen) atoms. The van der Waals surface area contributed by atoms with Crippen LogP contribution in [0.15, 0.2) is 61.5 Å². The molecule has 0 amide bonds. The Balaban J connectivity index is 1.94. The molecule has 0 spiro atoms. The molecule has 3 atom stereocenters. The second-order valence-corrected chi connectivity index (χ2v) is 11.4. The molecule has 2 nitrogen and oxygen atoms in total. The smallest absolute Gasteiger partial charge is 0.194 e. The van der Waals surface area contributed by atoms with Crippen molar-refractivity contribution in [2.45, 2.75) is 99.5 Å². The lowest BCUT2D eigenvalue weighted by Gasteiger charge is -2.31. The number of allylic oxidation sites excluding steroid dienone is 3. The number of aromatic nitrogens is 2. The summed E-state index contributed by atoms with van der Waals surface area (Å²) in [4.78, 5) is 0. The maximum atomic E-state index is 4.86. The maximum Gasteiger partial charge on any atom is 0.213 e. The first kappa shape index (κ1) is 28.0. The van der Waals surface area contributed by atoms with Crippen LogP contribution in [0.2, 0.25) is 0 Å². The minimum Gasteiger partial charge on any atom is -0.194 e. The van der Waals surface area contributed by atoms with E-state index in [4.69, 9.17) is 6.58 Å². The Morgan fingerprint density at radius 2 is 1.71 bits per heavy atom. The fourth-order valence-corrected chi connectivity index (χ4v) is 6.42. The number of fused-ring (bicyclic) bond motifs is 3. The molecule has 1 aromatic carbocycles. The van der Waals surface area contributed by atoms with Crippen LogP contribution in [0.4, 0.5) is 0 Å². The maximum absolute atomic E-state index is 4.86. The van der Waals surface area contributed by atoms with Gasteiger partial charge in [0.1, 0.15) is 5.92 Å². The molecule has 1 aliphatic rings. The van der Waals surface area contributed by atoms with Gasteiger partial charge in [-0.2, -0.15) is 9.13 Å². The highest BCUT2D eigenvalue weighted by Crippen LogP contribution is 2.45. The Bertz CT molecular complexity index is 1360. The summed E-state index contributed by atoms with van der Waals surface area (Å²) >= 11 is 0. The Labute approximate surface area is 231 Å². The van der Waals surface area contributed by atoms with Gasteiger partial charge in [-0.25, -0.2) is 0 Å². The predicted octanol–water partition coefficient (Wildman–Crippen LogP) is 8.48. The van der Waals surface area contributed by atoms with Gasteiger partial charge < -0.3 is 0 Å². The van der Waals surface area contributed by atoms with Crippen LogP contribution in [-0.2, 0) is 12.8 Å². The third-order valence-corrected chi connectivity index (χ3v) is 8.86. The number of rotatable bonds is 9. The average molecular weight is 509 g/mol. The molecule has 0 aliphatic carbocycles. The number of hydrogen-bond donors (Lipinski definition) is 0. The standard InChI is InChI=1S/C36H48N2/c1-10-14-29(11-2)16-18-34-36(28(9)37-23-27(8)30(12-3)21-31(37)13-4)33-19-24(5)15-17-32(33)35-20-25(6)26(7)22-38(34)35/h10,14-15,17,19-23,29,34,36H,9,11-13,16,18H2,1-8H3/q+2/b14-10-. The van der Waals surface area contributed by atoms with Gasteiger partial charge in [0.2, 0.25) is 5.69 Å². The normalized spacial score (nSPS) is 17.4. The van der Waals surface area contributed by atoms with Gasteiger partial charge in [-0.3, -0.25) is 0 Å².